The van der Waals surface area contributed by atoms with Crippen LogP contribution in [0.4, 0.5) is 15.8 Å². The van der Waals surface area contributed by atoms with E-state index in [9.17, 15) is 9.60 Å². The SMILES string of the molecule is Cc1cc2c(cc1F)N=C[NH+]2[O-]. The van der Waals surface area contributed by atoms with Crippen molar-refractivity contribution in [3.05, 3.63) is 28.7 Å². The Kier molecular flexibility index (Phi) is 1.46. The Morgan fingerprint density at radius 1 is 1.50 bits per heavy atom. The lowest BCUT2D eigenvalue weighted by atomic mass is 10.2. The molecule has 0 amide bonds. The third kappa shape index (κ3) is 0.929. The molecule has 1 atom stereocenters. The maximum Gasteiger partial charge on any atom is 0.194 e. The van der Waals surface area contributed by atoms with Gasteiger partial charge in [-0.05, 0) is 12.5 Å². The number of quaternary nitrogens is 1. The Morgan fingerprint density at radius 3 is 3.00 bits per heavy atom. The fourth-order valence-electron chi connectivity index (χ4n) is 1.17. The smallest absolute Gasteiger partial charge is 0.194 e. The van der Waals surface area contributed by atoms with Crippen LogP contribution < -0.4 is 5.06 Å². The van der Waals surface area contributed by atoms with Crippen LogP contribution in [-0.4, -0.2) is 6.34 Å². The molecule has 0 saturated heterocycles. The van der Waals surface area contributed by atoms with E-state index in [1.807, 2.05) is 0 Å². The fourth-order valence-corrected chi connectivity index (χ4v) is 1.17. The van der Waals surface area contributed by atoms with Crippen molar-refractivity contribution < 1.29 is 9.45 Å². The molecule has 0 saturated carbocycles. The minimum absolute atomic E-state index is 0.145. The summed E-state index contributed by atoms with van der Waals surface area (Å²) in [5, 5.41) is 10.9. The Hall–Kier alpha value is -1.26. The number of aliphatic imine (C=N–C) groups is 1. The molecule has 1 unspecified atom stereocenters. The predicted molar refractivity (Wildman–Crippen MR) is 43.3 cm³/mol. The van der Waals surface area contributed by atoms with Gasteiger partial charge in [0.1, 0.15) is 11.5 Å². The number of halogens is 1. The van der Waals surface area contributed by atoms with Crippen LogP contribution in [0.25, 0.3) is 0 Å². The van der Waals surface area contributed by atoms with E-state index < -0.39 is 0 Å². The van der Waals surface area contributed by atoms with Gasteiger partial charge in [0.15, 0.2) is 12.0 Å². The largest absolute Gasteiger partial charge is 0.623 e. The summed E-state index contributed by atoms with van der Waals surface area (Å²) in [5.41, 5.74) is 1.41. The van der Waals surface area contributed by atoms with Crippen molar-refractivity contribution in [2.45, 2.75) is 6.92 Å². The summed E-state index contributed by atoms with van der Waals surface area (Å²) in [6, 6.07) is 2.81. The van der Waals surface area contributed by atoms with Gasteiger partial charge in [-0.2, -0.15) is 4.99 Å². The third-order valence-electron chi connectivity index (χ3n) is 1.86. The van der Waals surface area contributed by atoms with Gasteiger partial charge >= 0.3 is 0 Å². The van der Waals surface area contributed by atoms with Crippen molar-refractivity contribution in [3.8, 4) is 0 Å². The molecule has 0 fully saturated rings. The summed E-state index contributed by atoms with van der Waals surface area (Å²) in [7, 11) is 0. The van der Waals surface area contributed by atoms with Crippen LogP contribution in [0.1, 0.15) is 5.56 Å². The second kappa shape index (κ2) is 2.36. The van der Waals surface area contributed by atoms with E-state index in [1.54, 1.807) is 6.92 Å². The highest BCUT2D eigenvalue weighted by Gasteiger charge is 2.16. The first-order valence-corrected chi connectivity index (χ1v) is 3.57. The van der Waals surface area contributed by atoms with Crippen LogP contribution in [0.5, 0.6) is 0 Å². The van der Waals surface area contributed by atoms with Crippen LogP contribution in [-0.2, 0) is 0 Å². The van der Waals surface area contributed by atoms with E-state index in [1.165, 1.54) is 18.5 Å². The van der Waals surface area contributed by atoms with E-state index in [2.05, 4.69) is 4.99 Å². The fraction of sp³-hybridized carbons (Fsp3) is 0.125. The maximum absolute atomic E-state index is 12.9. The van der Waals surface area contributed by atoms with E-state index in [0.29, 0.717) is 16.9 Å². The molecule has 0 aromatic heterocycles. The zero-order valence-electron chi connectivity index (χ0n) is 6.47. The monoisotopic (exact) mass is 166 g/mol. The lowest BCUT2D eigenvalue weighted by Gasteiger charge is -2.11. The van der Waals surface area contributed by atoms with E-state index >= 15 is 0 Å². The molecule has 1 heterocycles. The molecule has 1 aliphatic heterocycles. The standard InChI is InChI=1S/C8H7FN2O/c1-5-2-8-7(3-6(5)9)10-4-11(8)12/h2-4,11H,1H3. The van der Waals surface area contributed by atoms with Gasteiger partial charge in [0.25, 0.3) is 0 Å². The summed E-state index contributed by atoms with van der Waals surface area (Å²) in [4.78, 5) is 3.77. The zero-order valence-corrected chi connectivity index (χ0v) is 6.47. The molecule has 12 heavy (non-hydrogen) atoms. The third-order valence-corrected chi connectivity index (χ3v) is 1.86. The number of hydroxylamine groups is 1. The Balaban J connectivity index is 2.62. The number of fused-ring (bicyclic) bond motifs is 1. The molecule has 1 aromatic rings. The van der Waals surface area contributed by atoms with Gasteiger partial charge in [0.2, 0.25) is 0 Å². The average Bonchev–Trinajstić information content (AvgIpc) is 2.35. The number of aryl methyl sites for hydroxylation is 1. The molecule has 62 valence electrons. The Morgan fingerprint density at radius 2 is 2.25 bits per heavy atom. The molecule has 0 radical (unpaired) electrons. The van der Waals surface area contributed by atoms with Crippen molar-refractivity contribution in [2.24, 2.45) is 4.99 Å². The van der Waals surface area contributed by atoms with Gasteiger partial charge in [0, 0.05) is 12.1 Å². The van der Waals surface area contributed by atoms with Gasteiger partial charge in [-0.3, -0.25) is 5.06 Å². The summed E-state index contributed by atoms with van der Waals surface area (Å²) in [5.74, 6) is -0.319. The van der Waals surface area contributed by atoms with Gasteiger partial charge < -0.3 is 5.21 Å². The molecule has 1 aromatic carbocycles. The van der Waals surface area contributed by atoms with E-state index in [4.69, 9.17) is 0 Å². The minimum Gasteiger partial charge on any atom is -0.623 e. The quantitative estimate of drug-likeness (QED) is 0.569. The molecular weight excluding hydrogens is 159 g/mol. The van der Waals surface area contributed by atoms with Crippen molar-refractivity contribution in [3.63, 3.8) is 0 Å². The number of nitrogens with one attached hydrogen (secondary N) is 1. The average molecular weight is 166 g/mol. The van der Waals surface area contributed by atoms with Crippen LogP contribution in [0.2, 0.25) is 0 Å². The summed E-state index contributed by atoms with van der Waals surface area (Å²) >= 11 is 0. The van der Waals surface area contributed by atoms with E-state index in [0.717, 1.165) is 0 Å². The van der Waals surface area contributed by atoms with Gasteiger partial charge in [-0.25, -0.2) is 4.39 Å². The van der Waals surface area contributed by atoms with Crippen molar-refractivity contribution >= 4 is 17.7 Å². The van der Waals surface area contributed by atoms with Crippen molar-refractivity contribution in [1.82, 2.24) is 0 Å². The number of hydrogen-bond donors (Lipinski definition) is 1. The van der Waals surface area contributed by atoms with Crippen LogP contribution >= 0.6 is 0 Å². The molecule has 4 heteroatoms. The number of hydrogen-bond acceptors (Lipinski definition) is 2. The molecule has 2 rings (SSSR count). The van der Waals surface area contributed by atoms with E-state index in [-0.39, 0.29) is 10.9 Å². The topological polar surface area (TPSA) is 39.9 Å². The van der Waals surface area contributed by atoms with Crippen LogP contribution in [0.3, 0.4) is 0 Å². The molecule has 0 spiro atoms. The minimum atomic E-state index is -0.319. The first-order chi connectivity index (χ1) is 5.68. The molecule has 0 bridgehead atoms. The van der Waals surface area contributed by atoms with Crippen LogP contribution in [0.15, 0.2) is 17.1 Å². The van der Waals surface area contributed by atoms with Crippen molar-refractivity contribution in [1.29, 1.82) is 0 Å². The highest BCUT2D eigenvalue weighted by Crippen LogP contribution is 2.26. The second-order valence-corrected chi connectivity index (χ2v) is 2.74. The number of nitrogens with zero attached hydrogens (tertiary/aromatic N) is 1. The zero-order chi connectivity index (χ0) is 8.72. The first kappa shape index (κ1) is 7.39. The molecule has 0 aliphatic carbocycles. The highest BCUT2D eigenvalue weighted by atomic mass is 19.1. The van der Waals surface area contributed by atoms with Crippen LogP contribution in [0, 0.1) is 17.9 Å². The number of benzene rings is 1. The maximum atomic E-state index is 12.9. The number of rotatable bonds is 0. The van der Waals surface area contributed by atoms with Gasteiger partial charge in [-0.15, -0.1) is 0 Å². The van der Waals surface area contributed by atoms with Gasteiger partial charge in [0.05, 0.1) is 0 Å². The predicted octanol–water partition coefficient (Wildman–Crippen LogP) is 0.822. The first-order valence-electron chi connectivity index (χ1n) is 3.57. The second-order valence-electron chi connectivity index (χ2n) is 2.74. The lowest BCUT2D eigenvalue weighted by Crippen LogP contribution is -2.99. The summed E-state index contributed by atoms with van der Waals surface area (Å²) < 4.78 is 12.9. The Labute approximate surface area is 68.7 Å². The van der Waals surface area contributed by atoms with Gasteiger partial charge in [-0.1, -0.05) is 0 Å². The lowest BCUT2D eigenvalue weighted by molar-refractivity contribution is -0.655. The molecule has 3 nitrogen and oxygen atoms in total. The Bertz CT molecular complexity index is 362. The molecular formula is C8H7FN2O. The molecule has 1 aliphatic rings. The summed E-state index contributed by atoms with van der Waals surface area (Å²) in [6.07, 6.45) is 1.21. The molecule has 1 N–H and O–H groups in total. The highest BCUT2D eigenvalue weighted by molar-refractivity contribution is 5.72. The summed E-state index contributed by atoms with van der Waals surface area (Å²) in [6.45, 7) is 1.63. The van der Waals surface area contributed by atoms with Crippen molar-refractivity contribution in [2.75, 3.05) is 0 Å². The normalized spacial score (nSPS) is 19.8.